The number of non-ortho nitro benzene ring substituents is 1. The van der Waals surface area contributed by atoms with E-state index < -0.39 is 4.92 Å². The first-order valence-corrected chi connectivity index (χ1v) is 7.98. The van der Waals surface area contributed by atoms with Crippen molar-refractivity contribution in [2.45, 2.75) is 6.92 Å². The van der Waals surface area contributed by atoms with E-state index in [1.807, 2.05) is 55.5 Å². The summed E-state index contributed by atoms with van der Waals surface area (Å²) < 4.78 is 5.80. The number of benzene rings is 3. The lowest BCUT2D eigenvalue weighted by Gasteiger charge is -2.06. The lowest BCUT2D eigenvalue weighted by Crippen LogP contribution is -1.93. The second-order valence-corrected chi connectivity index (χ2v) is 5.67. The molecule has 0 radical (unpaired) electrons. The summed E-state index contributed by atoms with van der Waals surface area (Å²) in [4.78, 5) is 10.3. The van der Waals surface area contributed by atoms with Crippen molar-refractivity contribution in [1.82, 2.24) is 0 Å². The van der Waals surface area contributed by atoms with Gasteiger partial charge in [0.15, 0.2) is 0 Å². The smallest absolute Gasteiger partial charge is 0.271 e. The lowest BCUT2D eigenvalue weighted by molar-refractivity contribution is -0.384. The van der Waals surface area contributed by atoms with Crippen LogP contribution in [0.3, 0.4) is 0 Å². The highest BCUT2D eigenvalue weighted by Gasteiger charge is 2.04. The van der Waals surface area contributed by atoms with Crippen LogP contribution in [0.4, 0.5) is 11.4 Å². The molecule has 0 spiro atoms. The molecule has 0 aromatic heterocycles. The molecule has 3 aromatic rings. The molecule has 130 valence electrons. The Morgan fingerprint density at radius 1 is 1.00 bits per heavy atom. The van der Waals surface area contributed by atoms with E-state index in [2.05, 4.69) is 10.5 Å². The van der Waals surface area contributed by atoms with Crippen LogP contribution in [0, 0.1) is 17.0 Å². The summed E-state index contributed by atoms with van der Waals surface area (Å²) in [5, 5.41) is 14.9. The maximum Gasteiger partial charge on any atom is 0.271 e. The van der Waals surface area contributed by atoms with Crippen LogP contribution in [0.1, 0.15) is 11.1 Å². The molecule has 0 heterocycles. The van der Waals surface area contributed by atoms with Gasteiger partial charge >= 0.3 is 0 Å². The normalized spacial score (nSPS) is 10.7. The lowest BCUT2D eigenvalue weighted by atomic mass is 10.2. The van der Waals surface area contributed by atoms with Crippen LogP contribution in [-0.4, -0.2) is 11.1 Å². The third kappa shape index (κ3) is 4.67. The number of nitro groups is 1. The standard InChI is InChI=1S/C20H17N3O3/c1-15-4-2-7-20(12-15)26-19-10-8-16(9-11-19)14-21-22-17-5-3-6-18(13-17)23(24)25/h2-14,22H,1H3. The molecule has 0 aliphatic rings. The van der Waals surface area contributed by atoms with E-state index in [1.54, 1.807) is 18.3 Å². The Morgan fingerprint density at radius 2 is 1.77 bits per heavy atom. The summed E-state index contributed by atoms with van der Waals surface area (Å²) in [5.41, 5.74) is 5.36. The SMILES string of the molecule is Cc1cccc(Oc2ccc(C=NNc3cccc([N+](=O)[O-])c3)cc2)c1. The maximum absolute atomic E-state index is 10.8. The molecule has 3 aromatic carbocycles. The molecule has 6 nitrogen and oxygen atoms in total. The number of ether oxygens (including phenoxy) is 1. The summed E-state index contributed by atoms with van der Waals surface area (Å²) in [6, 6.07) is 21.5. The van der Waals surface area contributed by atoms with Crippen molar-refractivity contribution < 1.29 is 9.66 Å². The highest BCUT2D eigenvalue weighted by molar-refractivity contribution is 5.80. The first kappa shape index (κ1) is 17.2. The first-order valence-electron chi connectivity index (χ1n) is 7.98. The predicted molar refractivity (Wildman–Crippen MR) is 102 cm³/mol. The van der Waals surface area contributed by atoms with Gasteiger partial charge in [0.1, 0.15) is 11.5 Å². The topological polar surface area (TPSA) is 76.8 Å². The van der Waals surface area contributed by atoms with Gasteiger partial charge < -0.3 is 4.74 Å². The Kier molecular flexibility index (Phi) is 5.24. The van der Waals surface area contributed by atoms with Crippen molar-refractivity contribution in [1.29, 1.82) is 0 Å². The van der Waals surface area contributed by atoms with Gasteiger partial charge in [-0.1, -0.05) is 18.2 Å². The Morgan fingerprint density at radius 3 is 2.50 bits per heavy atom. The quantitative estimate of drug-likeness (QED) is 0.380. The molecule has 6 heteroatoms. The largest absolute Gasteiger partial charge is 0.457 e. The van der Waals surface area contributed by atoms with Crippen molar-refractivity contribution in [3.8, 4) is 11.5 Å². The number of nitrogens with one attached hydrogen (secondary N) is 1. The van der Waals surface area contributed by atoms with Crippen LogP contribution in [0.25, 0.3) is 0 Å². The van der Waals surface area contributed by atoms with Gasteiger partial charge in [0.2, 0.25) is 0 Å². The molecule has 0 unspecified atom stereocenters. The van der Waals surface area contributed by atoms with E-state index in [9.17, 15) is 10.1 Å². The zero-order chi connectivity index (χ0) is 18.4. The van der Waals surface area contributed by atoms with Crippen LogP contribution >= 0.6 is 0 Å². The van der Waals surface area contributed by atoms with Crippen LogP contribution < -0.4 is 10.2 Å². The molecule has 3 rings (SSSR count). The van der Waals surface area contributed by atoms with E-state index in [4.69, 9.17) is 4.74 Å². The van der Waals surface area contributed by atoms with Gasteiger partial charge in [0, 0.05) is 12.1 Å². The minimum absolute atomic E-state index is 0.0165. The van der Waals surface area contributed by atoms with Gasteiger partial charge in [-0.05, 0) is 60.5 Å². The van der Waals surface area contributed by atoms with Crippen LogP contribution in [0.5, 0.6) is 11.5 Å². The molecule has 0 amide bonds. The number of aryl methyl sites for hydroxylation is 1. The number of hydrazone groups is 1. The van der Waals surface area contributed by atoms with E-state index in [0.717, 1.165) is 22.6 Å². The summed E-state index contributed by atoms with van der Waals surface area (Å²) in [6.45, 7) is 2.01. The van der Waals surface area contributed by atoms with Crippen LogP contribution in [0.2, 0.25) is 0 Å². The number of nitrogens with zero attached hydrogens (tertiary/aromatic N) is 2. The Bertz CT molecular complexity index is 937. The Labute approximate surface area is 150 Å². The average molecular weight is 347 g/mol. The zero-order valence-electron chi connectivity index (χ0n) is 14.1. The van der Waals surface area contributed by atoms with Crippen molar-refractivity contribution >= 4 is 17.6 Å². The molecule has 26 heavy (non-hydrogen) atoms. The fraction of sp³-hybridized carbons (Fsp3) is 0.0500. The van der Waals surface area contributed by atoms with Gasteiger partial charge in [0.25, 0.3) is 5.69 Å². The third-order valence-corrected chi connectivity index (χ3v) is 3.57. The predicted octanol–water partition coefficient (Wildman–Crippen LogP) is 5.14. The summed E-state index contributed by atoms with van der Waals surface area (Å²) in [6.07, 6.45) is 1.63. The van der Waals surface area contributed by atoms with Gasteiger partial charge in [-0.15, -0.1) is 0 Å². The molecule has 0 saturated carbocycles. The molecule has 0 bridgehead atoms. The monoisotopic (exact) mass is 347 g/mol. The minimum atomic E-state index is -0.443. The Balaban J connectivity index is 1.61. The second kappa shape index (κ2) is 7.94. The van der Waals surface area contributed by atoms with E-state index in [1.165, 1.54) is 12.1 Å². The fourth-order valence-corrected chi connectivity index (χ4v) is 2.31. The molecule has 0 atom stereocenters. The van der Waals surface area contributed by atoms with Crippen molar-refractivity contribution in [3.05, 3.63) is 94.0 Å². The molecular formula is C20H17N3O3. The maximum atomic E-state index is 10.8. The number of anilines is 1. The second-order valence-electron chi connectivity index (χ2n) is 5.67. The van der Waals surface area contributed by atoms with E-state index in [0.29, 0.717) is 5.69 Å². The summed E-state index contributed by atoms with van der Waals surface area (Å²) in [7, 11) is 0. The minimum Gasteiger partial charge on any atom is -0.457 e. The third-order valence-electron chi connectivity index (χ3n) is 3.57. The van der Waals surface area contributed by atoms with E-state index in [-0.39, 0.29) is 5.69 Å². The number of rotatable bonds is 6. The van der Waals surface area contributed by atoms with Gasteiger partial charge in [-0.2, -0.15) is 5.10 Å². The summed E-state index contributed by atoms with van der Waals surface area (Å²) in [5.74, 6) is 1.53. The molecule has 1 N–H and O–H groups in total. The van der Waals surface area contributed by atoms with Crippen molar-refractivity contribution in [3.63, 3.8) is 0 Å². The molecular weight excluding hydrogens is 330 g/mol. The van der Waals surface area contributed by atoms with Gasteiger partial charge in [-0.3, -0.25) is 15.5 Å². The van der Waals surface area contributed by atoms with Crippen LogP contribution in [-0.2, 0) is 0 Å². The first-order chi connectivity index (χ1) is 12.6. The van der Waals surface area contributed by atoms with Crippen molar-refractivity contribution in [2.75, 3.05) is 5.43 Å². The summed E-state index contributed by atoms with van der Waals surface area (Å²) >= 11 is 0. The molecule has 0 aliphatic carbocycles. The highest BCUT2D eigenvalue weighted by Crippen LogP contribution is 2.22. The average Bonchev–Trinajstić information content (AvgIpc) is 2.63. The number of hydrogen-bond donors (Lipinski definition) is 1. The Hall–Kier alpha value is -3.67. The van der Waals surface area contributed by atoms with Gasteiger partial charge in [-0.25, -0.2) is 0 Å². The molecule has 0 fully saturated rings. The number of nitro benzene ring substituents is 1. The fourth-order valence-electron chi connectivity index (χ4n) is 2.31. The highest BCUT2D eigenvalue weighted by atomic mass is 16.6. The zero-order valence-corrected chi connectivity index (χ0v) is 14.1. The van der Waals surface area contributed by atoms with Crippen LogP contribution in [0.15, 0.2) is 77.9 Å². The number of hydrogen-bond acceptors (Lipinski definition) is 5. The molecule has 0 aliphatic heterocycles. The molecule has 0 saturated heterocycles. The van der Waals surface area contributed by atoms with E-state index >= 15 is 0 Å². The van der Waals surface area contributed by atoms with Crippen molar-refractivity contribution in [2.24, 2.45) is 5.10 Å². The van der Waals surface area contributed by atoms with Gasteiger partial charge in [0.05, 0.1) is 16.8 Å².